The van der Waals surface area contributed by atoms with Crippen LogP contribution in [0.5, 0.6) is 0 Å². The monoisotopic (exact) mass is 302 g/mol. The van der Waals surface area contributed by atoms with E-state index in [1.807, 2.05) is 19.2 Å². The highest BCUT2D eigenvalue weighted by Crippen LogP contribution is 2.18. The molecule has 1 aromatic rings. The third-order valence-electron chi connectivity index (χ3n) is 3.41. The van der Waals surface area contributed by atoms with E-state index >= 15 is 0 Å². The van der Waals surface area contributed by atoms with Gasteiger partial charge in [-0.3, -0.25) is 0 Å². The number of piperazine rings is 1. The second kappa shape index (κ2) is 6.22. The van der Waals surface area contributed by atoms with Gasteiger partial charge in [-0.2, -0.15) is 4.31 Å². The highest BCUT2D eigenvalue weighted by molar-refractivity contribution is 7.89. The Morgan fingerprint density at radius 3 is 2.21 bits per heavy atom. The van der Waals surface area contributed by atoms with Crippen molar-refractivity contribution in [2.45, 2.75) is 11.3 Å². The largest absolute Gasteiger partial charge is 0.304 e. The lowest BCUT2D eigenvalue weighted by Gasteiger charge is -2.31. The van der Waals surface area contributed by atoms with Crippen LogP contribution in [-0.2, 0) is 16.4 Å². The van der Waals surface area contributed by atoms with Gasteiger partial charge >= 0.3 is 0 Å². The van der Waals surface area contributed by atoms with Crippen LogP contribution >= 0.6 is 11.6 Å². The van der Waals surface area contributed by atoms with E-state index in [0.717, 1.165) is 25.1 Å². The van der Waals surface area contributed by atoms with Crippen molar-refractivity contribution in [3.8, 4) is 0 Å². The van der Waals surface area contributed by atoms with Crippen LogP contribution in [0.1, 0.15) is 5.56 Å². The van der Waals surface area contributed by atoms with Crippen LogP contribution in [0.25, 0.3) is 0 Å². The molecular formula is C13H19ClN2O2S. The van der Waals surface area contributed by atoms with Gasteiger partial charge in [-0.15, -0.1) is 11.6 Å². The summed E-state index contributed by atoms with van der Waals surface area (Å²) in [7, 11) is -1.34. The molecule has 0 radical (unpaired) electrons. The van der Waals surface area contributed by atoms with Gasteiger partial charge in [0.15, 0.2) is 0 Å². The molecule has 0 spiro atoms. The van der Waals surface area contributed by atoms with Crippen LogP contribution in [0.4, 0.5) is 0 Å². The summed E-state index contributed by atoms with van der Waals surface area (Å²) in [5.41, 5.74) is 1.06. The van der Waals surface area contributed by atoms with E-state index in [1.54, 1.807) is 16.4 Å². The van der Waals surface area contributed by atoms with Gasteiger partial charge in [-0.1, -0.05) is 12.1 Å². The van der Waals surface area contributed by atoms with Crippen LogP contribution < -0.4 is 0 Å². The van der Waals surface area contributed by atoms with Gasteiger partial charge in [0.1, 0.15) is 0 Å². The fourth-order valence-electron chi connectivity index (χ4n) is 2.11. The van der Waals surface area contributed by atoms with Crippen molar-refractivity contribution < 1.29 is 8.42 Å². The average molecular weight is 303 g/mol. The van der Waals surface area contributed by atoms with Crippen molar-refractivity contribution in [2.24, 2.45) is 0 Å². The fraction of sp³-hybridized carbons (Fsp3) is 0.538. The van der Waals surface area contributed by atoms with E-state index in [4.69, 9.17) is 11.6 Å². The van der Waals surface area contributed by atoms with Crippen LogP contribution in [-0.4, -0.2) is 56.7 Å². The number of nitrogens with zero attached hydrogens (tertiary/aromatic N) is 2. The number of alkyl halides is 1. The molecule has 0 amide bonds. The summed E-state index contributed by atoms with van der Waals surface area (Å²) in [5, 5.41) is 0. The highest BCUT2D eigenvalue weighted by Gasteiger charge is 2.27. The number of benzene rings is 1. The van der Waals surface area contributed by atoms with Crippen molar-refractivity contribution in [1.82, 2.24) is 9.21 Å². The van der Waals surface area contributed by atoms with Crippen molar-refractivity contribution in [3.63, 3.8) is 0 Å². The number of rotatable bonds is 4. The van der Waals surface area contributed by atoms with Crippen molar-refractivity contribution in [3.05, 3.63) is 29.8 Å². The lowest BCUT2D eigenvalue weighted by atomic mass is 10.2. The van der Waals surface area contributed by atoms with Gasteiger partial charge in [0.05, 0.1) is 4.90 Å². The number of aryl methyl sites for hydroxylation is 1. The molecule has 0 aromatic heterocycles. The van der Waals surface area contributed by atoms with Gasteiger partial charge in [-0.25, -0.2) is 8.42 Å². The molecule has 6 heteroatoms. The maximum absolute atomic E-state index is 12.4. The molecule has 106 valence electrons. The molecule has 0 N–H and O–H groups in total. The molecule has 1 heterocycles. The van der Waals surface area contributed by atoms with E-state index in [1.165, 1.54) is 0 Å². The molecule has 1 aliphatic heterocycles. The van der Waals surface area contributed by atoms with Gasteiger partial charge in [0.2, 0.25) is 10.0 Å². The molecule has 0 aliphatic carbocycles. The lowest BCUT2D eigenvalue weighted by Crippen LogP contribution is -2.46. The number of hydrogen-bond donors (Lipinski definition) is 0. The van der Waals surface area contributed by atoms with E-state index in [2.05, 4.69) is 4.90 Å². The van der Waals surface area contributed by atoms with Crippen molar-refractivity contribution >= 4 is 21.6 Å². The third kappa shape index (κ3) is 3.48. The molecule has 2 rings (SSSR count). The zero-order chi connectivity index (χ0) is 13.9. The Labute approximate surface area is 120 Å². The van der Waals surface area contributed by atoms with E-state index in [-0.39, 0.29) is 0 Å². The SMILES string of the molecule is CN1CCN(S(=O)(=O)c2ccc(CCCl)cc2)CC1. The molecule has 1 aliphatic rings. The first-order valence-corrected chi connectivity index (χ1v) is 8.35. The number of halogens is 1. The Morgan fingerprint density at radius 2 is 1.68 bits per heavy atom. The zero-order valence-electron chi connectivity index (χ0n) is 11.0. The van der Waals surface area contributed by atoms with E-state index in [9.17, 15) is 8.42 Å². The summed E-state index contributed by atoms with van der Waals surface area (Å²) < 4.78 is 26.4. The van der Waals surface area contributed by atoms with Gasteiger partial charge < -0.3 is 4.90 Å². The Kier molecular flexibility index (Phi) is 4.84. The fourth-order valence-corrected chi connectivity index (χ4v) is 3.76. The second-order valence-corrected chi connectivity index (χ2v) is 7.11. The predicted octanol–water partition coefficient (Wildman–Crippen LogP) is 1.40. The molecule has 1 fully saturated rings. The maximum atomic E-state index is 12.4. The number of likely N-dealkylation sites (N-methyl/N-ethyl adjacent to an activating group) is 1. The maximum Gasteiger partial charge on any atom is 0.243 e. The topological polar surface area (TPSA) is 40.6 Å². The van der Waals surface area contributed by atoms with E-state index in [0.29, 0.717) is 23.9 Å². The summed E-state index contributed by atoms with van der Waals surface area (Å²) in [4.78, 5) is 2.51. The first kappa shape index (κ1) is 14.8. The normalized spacial score (nSPS) is 18.6. The minimum atomic E-state index is -3.34. The standard InChI is InChI=1S/C13H19ClN2O2S/c1-15-8-10-16(11-9-15)19(17,18)13-4-2-12(3-5-13)6-7-14/h2-5H,6-11H2,1H3. The van der Waals surface area contributed by atoms with Gasteiger partial charge in [-0.05, 0) is 31.2 Å². The molecule has 0 bridgehead atoms. The quantitative estimate of drug-likeness (QED) is 0.790. The summed E-state index contributed by atoms with van der Waals surface area (Å²) in [5.74, 6) is 0.546. The molecule has 1 aromatic carbocycles. The summed E-state index contributed by atoms with van der Waals surface area (Å²) in [6.45, 7) is 2.68. The smallest absolute Gasteiger partial charge is 0.243 e. The van der Waals surface area contributed by atoms with Gasteiger partial charge in [0, 0.05) is 32.1 Å². The predicted molar refractivity (Wildman–Crippen MR) is 77.1 cm³/mol. The van der Waals surface area contributed by atoms with Crippen LogP contribution in [0.2, 0.25) is 0 Å². The van der Waals surface area contributed by atoms with Crippen molar-refractivity contribution in [2.75, 3.05) is 39.1 Å². The Morgan fingerprint density at radius 1 is 1.11 bits per heavy atom. The molecule has 0 unspecified atom stereocenters. The highest BCUT2D eigenvalue weighted by atomic mass is 35.5. The number of sulfonamides is 1. The molecule has 19 heavy (non-hydrogen) atoms. The molecule has 0 saturated carbocycles. The summed E-state index contributed by atoms with van der Waals surface area (Å²) >= 11 is 5.67. The molecular weight excluding hydrogens is 284 g/mol. The lowest BCUT2D eigenvalue weighted by molar-refractivity contribution is 0.222. The van der Waals surface area contributed by atoms with Crippen LogP contribution in [0.3, 0.4) is 0 Å². The Hall–Kier alpha value is -0.620. The minimum Gasteiger partial charge on any atom is -0.304 e. The van der Waals surface area contributed by atoms with Gasteiger partial charge in [0.25, 0.3) is 0 Å². The zero-order valence-corrected chi connectivity index (χ0v) is 12.6. The molecule has 4 nitrogen and oxygen atoms in total. The summed E-state index contributed by atoms with van der Waals surface area (Å²) in [6.07, 6.45) is 0.760. The Balaban J connectivity index is 2.15. The number of hydrogen-bond acceptors (Lipinski definition) is 3. The minimum absolute atomic E-state index is 0.371. The third-order valence-corrected chi connectivity index (χ3v) is 5.51. The summed E-state index contributed by atoms with van der Waals surface area (Å²) in [6, 6.07) is 7.03. The first-order chi connectivity index (χ1) is 9.04. The molecule has 1 saturated heterocycles. The van der Waals surface area contributed by atoms with E-state index < -0.39 is 10.0 Å². The average Bonchev–Trinajstić information content (AvgIpc) is 2.40. The van der Waals surface area contributed by atoms with Crippen LogP contribution in [0, 0.1) is 0 Å². The second-order valence-electron chi connectivity index (χ2n) is 4.79. The molecule has 0 atom stereocenters. The van der Waals surface area contributed by atoms with Crippen LogP contribution in [0.15, 0.2) is 29.2 Å². The first-order valence-electron chi connectivity index (χ1n) is 6.37. The Bertz CT molecular complexity index is 508. The van der Waals surface area contributed by atoms with Crippen molar-refractivity contribution in [1.29, 1.82) is 0 Å².